The van der Waals surface area contributed by atoms with Gasteiger partial charge in [0.1, 0.15) is 0 Å². The lowest BCUT2D eigenvalue weighted by molar-refractivity contribution is 0.0841. The summed E-state index contributed by atoms with van der Waals surface area (Å²) in [4.78, 5) is 0. The van der Waals surface area contributed by atoms with E-state index in [1.807, 2.05) is 0 Å². The highest BCUT2D eigenvalue weighted by atomic mass is 127. The SMILES string of the molecule is CC[C@@H](CCC(C)NCC[C@H](N)CI)N1CC[C@](C)([C@@H]2CCCC[C@H](C)CCC[C@@H]2C)CCS1. The second-order valence-corrected chi connectivity index (χ2v) is 14.2. The molecular formula is C29H58IN3S. The molecule has 7 atom stereocenters. The van der Waals surface area contributed by atoms with E-state index in [-0.39, 0.29) is 0 Å². The van der Waals surface area contributed by atoms with Gasteiger partial charge in [-0.3, -0.25) is 0 Å². The largest absolute Gasteiger partial charge is 0.327 e. The van der Waals surface area contributed by atoms with Gasteiger partial charge >= 0.3 is 0 Å². The summed E-state index contributed by atoms with van der Waals surface area (Å²) in [6, 6.07) is 1.64. The van der Waals surface area contributed by atoms with Crippen molar-refractivity contribution in [3.63, 3.8) is 0 Å². The van der Waals surface area contributed by atoms with Crippen LogP contribution in [0.4, 0.5) is 0 Å². The number of halogens is 1. The molecule has 2 rings (SSSR count). The average molecular weight is 608 g/mol. The van der Waals surface area contributed by atoms with E-state index in [4.69, 9.17) is 5.73 Å². The van der Waals surface area contributed by atoms with Crippen LogP contribution in [0.25, 0.3) is 0 Å². The van der Waals surface area contributed by atoms with E-state index in [9.17, 15) is 0 Å². The third-order valence-electron chi connectivity index (χ3n) is 9.25. The third-order valence-corrected chi connectivity index (χ3v) is 11.6. The lowest BCUT2D eigenvalue weighted by Gasteiger charge is -2.42. The molecule has 5 heteroatoms. The molecule has 1 aliphatic carbocycles. The number of rotatable bonds is 11. The minimum absolute atomic E-state index is 0.337. The Morgan fingerprint density at radius 3 is 2.53 bits per heavy atom. The molecule has 1 saturated heterocycles. The fraction of sp³-hybridized carbons (Fsp3) is 1.00. The van der Waals surface area contributed by atoms with Crippen LogP contribution in [0.5, 0.6) is 0 Å². The summed E-state index contributed by atoms with van der Waals surface area (Å²) in [5, 5.41) is 3.72. The fourth-order valence-corrected chi connectivity index (χ4v) is 8.53. The van der Waals surface area contributed by atoms with Crippen molar-refractivity contribution in [1.82, 2.24) is 9.62 Å². The highest BCUT2D eigenvalue weighted by molar-refractivity contribution is 14.1. The minimum Gasteiger partial charge on any atom is -0.327 e. The van der Waals surface area contributed by atoms with Crippen LogP contribution in [0, 0.1) is 23.2 Å². The lowest BCUT2D eigenvalue weighted by Crippen LogP contribution is -2.37. The van der Waals surface area contributed by atoms with Crippen molar-refractivity contribution < 1.29 is 0 Å². The van der Waals surface area contributed by atoms with Gasteiger partial charge in [0.15, 0.2) is 0 Å². The second kappa shape index (κ2) is 16.7. The van der Waals surface area contributed by atoms with E-state index in [2.05, 4.69) is 78.8 Å². The lowest BCUT2D eigenvalue weighted by atomic mass is 9.64. The summed E-state index contributed by atoms with van der Waals surface area (Å²) in [6.07, 6.45) is 17.9. The maximum absolute atomic E-state index is 6.08. The van der Waals surface area contributed by atoms with Crippen LogP contribution in [0.3, 0.4) is 0 Å². The van der Waals surface area contributed by atoms with E-state index in [1.165, 1.54) is 89.3 Å². The average Bonchev–Trinajstić information content (AvgIpc) is 3.01. The van der Waals surface area contributed by atoms with Crippen molar-refractivity contribution in [2.24, 2.45) is 28.9 Å². The number of hydrogen-bond acceptors (Lipinski definition) is 4. The van der Waals surface area contributed by atoms with Crippen molar-refractivity contribution in [3.8, 4) is 0 Å². The number of nitrogens with zero attached hydrogens (tertiary/aromatic N) is 1. The van der Waals surface area contributed by atoms with Crippen molar-refractivity contribution in [2.75, 3.05) is 23.3 Å². The topological polar surface area (TPSA) is 41.3 Å². The highest BCUT2D eigenvalue weighted by Gasteiger charge is 2.39. The van der Waals surface area contributed by atoms with E-state index in [0.717, 1.165) is 41.2 Å². The Hall–Kier alpha value is 0.960. The Labute approximate surface area is 231 Å². The van der Waals surface area contributed by atoms with Gasteiger partial charge in [0.25, 0.3) is 0 Å². The summed E-state index contributed by atoms with van der Waals surface area (Å²) in [7, 11) is 0. The van der Waals surface area contributed by atoms with Gasteiger partial charge in [0.2, 0.25) is 0 Å². The van der Waals surface area contributed by atoms with E-state index in [0.29, 0.717) is 17.5 Å². The monoisotopic (exact) mass is 607 g/mol. The number of nitrogens with one attached hydrogen (secondary N) is 1. The maximum Gasteiger partial charge on any atom is 0.0200 e. The fourth-order valence-electron chi connectivity index (χ4n) is 6.61. The third kappa shape index (κ3) is 10.8. The normalized spacial score (nSPS) is 33.1. The molecule has 1 unspecified atom stereocenters. The Kier molecular flexibility index (Phi) is 15.3. The molecule has 1 aliphatic heterocycles. The second-order valence-electron chi connectivity index (χ2n) is 12.2. The first kappa shape index (κ1) is 31.2. The standard InChI is InChI=1S/C29H58IN3S/c1-6-27(15-14-25(4)32-19-16-26(31)22-30)33-20-17-29(5,18-21-34-33)28-13-8-7-10-23(2)11-9-12-24(28)3/h23-28,32H,6-22,31H2,1-5H3/t23-,24-,25?,26-,27-,28+,29-/m0/s1. The predicted octanol–water partition coefficient (Wildman–Crippen LogP) is 8.06. The summed E-state index contributed by atoms with van der Waals surface area (Å²) >= 11 is 4.57. The smallest absolute Gasteiger partial charge is 0.0200 e. The van der Waals surface area contributed by atoms with Crippen LogP contribution in [0.15, 0.2) is 0 Å². The highest BCUT2D eigenvalue weighted by Crippen LogP contribution is 2.47. The first-order valence-electron chi connectivity index (χ1n) is 14.7. The van der Waals surface area contributed by atoms with E-state index >= 15 is 0 Å². The predicted molar refractivity (Wildman–Crippen MR) is 163 cm³/mol. The van der Waals surface area contributed by atoms with Gasteiger partial charge in [0, 0.05) is 34.9 Å². The molecule has 202 valence electrons. The van der Waals surface area contributed by atoms with Gasteiger partial charge in [0.05, 0.1) is 0 Å². The molecule has 0 amide bonds. The zero-order valence-electron chi connectivity index (χ0n) is 23.3. The molecule has 0 bridgehead atoms. The molecule has 0 spiro atoms. The zero-order valence-corrected chi connectivity index (χ0v) is 26.3. The Bertz CT molecular complexity index is 536. The summed E-state index contributed by atoms with van der Waals surface area (Å²) < 4.78 is 3.85. The first-order valence-corrected chi connectivity index (χ1v) is 17.2. The summed E-state index contributed by atoms with van der Waals surface area (Å²) in [5.41, 5.74) is 6.60. The van der Waals surface area contributed by atoms with Gasteiger partial charge in [-0.05, 0) is 81.6 Å². The molecule has 0 aromatic heterocycles. The quantitative estimate of drug-likeness (QED) is 0.142. The van der Waals surface area contributed by atoms with Crippen LogP contribution in [0.2, 0.25) is 0 Å². The van der Waals surface area contributed by atoms with Gasteiger partial charge in [-0.15, -0.1) is 0 Å². The van der Waals surface area contributed by atoms with E-state index in [1.54, 1.807) is 0 Å². The van der Waals surface area contributed by atoms with Crippen molar-refractivity contribution in [3.05, 3.63) is 0 Å². The molecule has 1 saturated carbocycles. The molecular weight excluding hydrogens is 549 g/mol. The summed E-state index contributed by atoms with van der Waals surface area (Å²) in [6.45, 7) is 14.8. The van der Waals surface area contributed by atoms with Gasteiger partial charge in [-0.25, -0.2) is 4.31 Å². The van der Waals surface area contributed by atoms with Crippen molar-refractivity contribution in [2.45, 2.75) is 136 Å². The van der Waals surface area contributed by atoms with E-state index < -0.39 is 0 Å². The van der Waals surface area contributed by atoms with Gasteiger partial charge in [-0.1, -0.05) is 101 Å². The van der Waals surface area contributed by atoms with Gasteiger partial charge in [-0.2, -0.15) is 0 Å². The first-order chi connectivity index (χ1) is 16.3. The molecule has 34 heavy (non-hydrogen) atoms. The Morgan fingerprint density at radius 1 is 1.06 bits per heavy atom. The molecule has 1 heterocycles. The Morgan fingerprint density at radius 2 is 1.79 bits per heavy atom. The van der Waals surface area contributed by atoms with Crippen LogP contribution < -0.4 is 11.1 Å². The zero-order chi connectivity index (χ0) is 25.0. The molecule has 3 nitrogen and oxygen atoms in total. The molecule has 2 fully saturated rings. The van der Waals surface area contributed by atoms with Crippen molar-refractivity contribution in [1.29, 1.82) is 0 Å². The molecule has 0 aromatic rings. The van der Waals surface area contributed by atoms with Crippen LogP contribution >= 0.6 is 34.5 Å². The number of alkyl halides is 1. The molecule has 2 aliphatic rings. The summed E-state index contributed by atoms with van der Waals surface area (Å²) in [5.74, 6) is 4.07. The molecule has 0 aromatic carbocycles. The molecule has 0 radical (unpaired) electrons. The number of hydrogen-bond donors (Lipinski definition) is 2. The van der Waals surface area contributed by atoms with Crippen LogP contribution in [-0.4, -0.2) is 45.7 Å². The van der Waals surface area contributed by atoms with Crippen molar-refractivity contribution >= 4 is 34.5 Å². The van der Waals surface area contributed by atoms with Crippen LogP contribution in [0.1, 0.15) is 118 Å². The minimum atomic E-state index is 0.337. The maximum atomic E-state index is 6.08. The number of nitrogens with two attached hydrogens (primary N) is 1. The van der Waals surface area contributed by atoms with Crippen LogP contribution in [-0.2, 0) is 0 Å². The van der Waals surface area contributed by atoms with Gasteiger partial charge < -0.3 is 11.1 Å². The molecule has 3 N–H and O–H groups in total. The Balaban J connectivity index is 1.87.